The van der Waals surface area contributed by atoms with E-state index in [0.29, 0.717) is 17.8 Å². The Labute approximate surface area is 137 Å². The molecule has 0 aliphatic carbocycles. The molecule has 0 unspecified atom stereocenters. The van der Waals surface area contributed by atoms with Crippen molar-refractivity contribution in [2.45, 2.75) is 25.8 Å². The summed E-state index contributed by atoms with van der Waals surface area (Å²) in [6.07, 6.45) is 2.95. The van der Waals surface area contributed by atoms with Crippen molar-refractivity contribution in [2.75, 3.05) is 13.1 Å². The summed E-state index contributed by atoms with van der Waals surface area (Å²) in [7, 11) is 0. The van der Waals surface area contributed by atoms with Gasteiger partial charge >= 0.3 is 0 Å². The third-order valence-corrected chi connectivity index (χ3v) is 5.40. The highest BCUT2D eigenvalue weighted by Gasteiger charge is 2.27. The second-order valence-electron chi connectivity index (χ2n) is 5.19. The van der Waals surface area contributed by atoms with E-state index >= 15 is 0 Å². The van der Waals surface area contributed by atoms with Crippen molar-refractivity contribution >= 4 is 34.5 Å². The quantitative estimate of drug-likeness (QED) is 0.934. The third kappa shape index (κ3) is 3.20. The lowest BCUT2D eigenvalue weighted by molar-refractivity contribution is -0.129. The van der Waals surface area contributed by atoms with Gasteiger partial charge in [-0.1, -0.05) is 6.92 Å². The van der Waals surface area contributed by atoms with Crippen molar-refractivity contribution < 1.29 is 9.59 Å². The molecule has 1 N–H and O–H groups in total. The zero-order chi connectivity index (χ0) is 15.5. The molecule has 0 saturated carbocycles. The van der Waals surface area contributed by atoms with Gasteiger partial charge in [-0.3, -0.25) is 9.59 Å². The van der Waals surface area contributed by atoms with Crippen molar-refractivity contribution in [3.05, 3.63) is 27.9 Å². The van der Waals surface area contributed by atoms with Gasteiger partial charge in [-0.2, -0.15) is 11.3 Å². The summed E-state index contributed by atoms with van der Waals surface area (Å²) in [5, 5.41) is 7.88. The minimum atomic E-state index is -0.102. The van der Waals surface area contributed by atoms with Crippen molar-refractivity contribution in [3.8, 4) is 10.6 Å². The Bertz CT molecular complexity index is 666. The van der Waals surface area contributed by atoms with E-state index in [9.17, 15) is 9.59 Å². The van der Waals surface area contributed by atoms with Crippen LogP contribution in [0.3, 0.4) is 0 Å². The van der Waals surface area contributed by atoms with Crippen LogP contribution >= 0.6 is 22.7 Å². The standard InChI is InChI=1S/C15H17N3O2S2/c1-2-13(19)18-5-3-11(8-18)17-14(20)12-7-16-15(22-12)10-4-6-21-9-10/h4,6-7,9,11H,2-3,5,8H2,1H3,(H,17,20)/t11-/m0/s1. The molecule has 1 aliphatic heterocycles. The Morgan fingerprint density at radius 3 is 3.09 bits per heavy atom. The van der Waals surface area contributed by atoms with Gasteiger partial charge in [0.15, 0.2) is 0 Å². The van der Waals surface area contributed by atoms with Gasteiger partial charge in [-0.15, -0.1) is 11.3 Å². The molecule has 2 aromatic heterocycles. The monoisotopic (exact) mass is 335 g/mol. The molecular formula is C15H17N3O2S2. The number of hydrogen-bond donors (Lipinski definition) is 1. The molecular weight excluding hydrogens is 318 g/mol. The van der Waals surface area contributed by atoms with Crippen LogP contribution in [-0.4, -0.2) is 40.8 Å². The van der Waals surface area contributed by atoms with Crippen LogP contribution in [0.2, 0.25) is 0 Å². The van der Waals surface area contributed by atoms with Crippen molar-refractivity contribution in [1.82, 2.24) is 15.2 Å². The molecule has 0 bridgehead atoms. The number of hydrogen-bond acceptors (Lipinski definition) is 5. The van der Waals surface area contributed by atoms with Crippen LogP contribution in [-0.2, 0) is 4.79 Å². The average molecular weight is 335 g/mol. The summed E-state index contributed by atoms with van der Waals surface area (Å²) in [5.74, 6) is 0.0454. The molecule has 0 aromatic carbocycles. The summed E-state index contributed by atoms with van der Waals surface area (Å²) in [6, 6.07) is 2.03. The Morgan fingerprint density at radius 2 is 2.36 bits per heavy atom. The highest BCUT2D eigenvalue weighted by molar-refractivity contribution is 7.17. The zero-order valence-electron chi connectivity index (χ0n) is 12.2. The first-order valence-corrected chi connectivity index (χ1v) is 9.00. The fourth-order valence-corrected chi connectivity index (χ4v) is 4.01. The predicted molar refractivity (Wildman–Crippen MR) is 88.2 cm³/mol. The van der Waals surface area contributed by atoms with E-state index in [0.717, 1.165) is 23.5 Å². The van der Waals surface area contributed by atoms with Crippen LogP contribution in [0.1, 0.15) is 29.4 Å². The van der Waals surface area contributed by atoms with E-state index in [1.165, 1.54) is 11.3 Å². The van der Waals surface area contributed by atoms with E-state index in [4.69, 9.17) is 0 Å². The van der Waals surface area contributed by atoms with Gasteiger partial charge in [0.2, 0.25) is 5.91 Å². The SMILES string of the molecule is CCC(=O)N1CC[C@H](NC(=O)c2cnc(-c3ccsc3)s2)C1. The molecule has 1 atom stereocenters. The fraction of sp³-hybridized carbons (Fsp3) is 0.400. The predicted octanol–water partition coefficient (Wildman–Crippen LogP) is 2.61. The highest BCUT2D eigenvalue weighted by Crippen LogP contribution is 2.27. The Kier molecular flexibility index (Phi) is 4.54. The zero-order valence-corrected chi connectivity index (χ0v) is 13.9. The van der Waals surface area contributed by atoms with Crippen LogP contribution in [0.15, 0.2) is 23.0 Å². The first-order valence-electron chi connectivity index (χ1n) is 7.24. The maximum absolute atomic E-state index is 12.3. The van der Waals surface area contributed by atoms with Crippen LogP contribution in [0.4, 0.5) is 0 Å². The number of rotatable bonds is 4. The van der Waals surface area contributed by atoms with E-state index in [2.05, 4.69) is 10.3 Å². The molecule has 3 rings (SSSR count). The largest absolute Gasteiger partial charge is 0.347 e. The highest BCUT2D eigenvalue weighted by atomic mass is 32.1. The maximum atomic E-state index is 12.3. The molecule has 3 heterocycles. The molecule has 1 saturated heterocycles. The molecule has 5 nitrogen and oxygen atoms in total. The Balaban J connectivity index is 1.60. The summed E-state index contributed by atoms with van der Waals surface area (Å²) >= 11 is 3.01. The number of aromatic nitrogens is 1. The van der Waals surface area contributed by atoms with Crippen molar-refractivity contribution in [2.24, 2.45) is 0 Å². The number of carbonyl (C=O) groups is 2. The molecule has 2 amide bonds. The molecule has 7 heteroatoms. The number of carbonyl (C=O) groups excluding carboxylic acids is 2. The lowest BCUT2D eigenvalue weighted by Crippen LogP contribution is -2.38. The number of nitrogens with one attached hydrogen (secondary N) is 1. The summed E-state index contributed by atoms with van der Waals surface area (Å²) in [6.45, 7) is 3.19. The molecule has 0 radical (unpaired) electrons. The van der Waals surface area contributed by atoms with Crippen molar-refractivity contribution in [3.63, 3.8) is 0 Å². The lowest BCUT2D eigenvalue weighted by Gasteiger charge is -2.15. The maximum Gasteiger partial charge on any atom is 0.263 e. The molecule has 1 fully saturated rings. The number of amides is 2. The lowest BCUT2D eigenvalue weighted by atomic mass is 10.2. The third-order valence-electron chi connectivity index (χ3n) is 3.68. The molecule has 116 valence electrons. The van der Waals surface area contributed by atoms with Crippen LogP contribution in [0, 0.1) is 0 Å². The van der Waals surface area contributed by atoms with E-state index in [1.54, 1.807) is 17.5 Å². The molecule has 1 aliphatic rings. The van der Waals surface area contributed by atoms with E-state index in [-0.39, 0.29) is 17.9 Å². The minimum Gasteiger partial charge on any atom is -0.347 e. The molecule has 0 spiro atoms. The van der Waals surface area contributed by atoms with Gasteiger partial charge in [-0.05, 0) is 17.9 Å². The molecule has 2 aromatic rings. The van der Waals surface area contributed by atoms with E-state index < -0.39 is 0 Å². The van der Waals surface area contributed by atoms with E-state index in [1.807, 2.05) is 28.7 Å². The molecule has 22 heavy (non-hydrogen) atoms. The van der Waals surface area contributed by atoms with Gasteiger partial charge in [0.25, 0.3) is 5.91 Å². The average Bonchev–Trinajstić information content (AvgIpc) is 3.25. The van der Waals surface area contributed by atoms with Gasteiger partial charge in [-0.25, -0.2) is 4.98 Å². The van der Waals surface area contributed by atoms with Crippen LogP contribution in [0.5, 0.6) is 0 Å². The Morgan fingerprint density at radius 1 is 1.50 bits per heavy atom. The fourth-order valence-electron chi connectivity index (χ4n) is 2.48. The number of likely N-dealkylation sites (tertiary alicyclic amines) is 1. The number of nitrogens with zero attached hydrogens (tertiary/aromatic N) is 2. The smallest absolute Gasteiger partial charge is 0.263 e. The van der Waals surface area contributed by atoms with Gasteiger partial charge in [0.1, 0.15) is 9.88 Å². The summed E-state index contributed by atoms with van der Waals surface area (Å²) < 4.78 is 0. The first-order chi connectivity index (χ1) is 10.7. The van der Waals surface area contributed by atoms with Crippen molar-refractivity contribution in [1.29, 1.82) is 0 Å². The topological polar surface area (TPSA) is 62.3 Å². The second-order valence-corrected chi connectivity index (χ2v) is 7.00. The summed E-state index contributed by atoms with van der Waals surface area (Å²) in [4.78, 5) is 30.7. The van der Waals surface area contributed by atoms with Crippen LogP contribution < -0.4 is 5.32 Å². The second kappa shape index (κ2) is 6.58. The Hall–Kier alpha value is -1.73. The first kappa shape index (κ1) is 15.2. The van der Waals surface area contributed by atoms with Gasteiger partial charge in [0.05, 0.1) is 6.20 Å². The van der Waals surface area contributed by atoms with Crippen LogP contribution in [0.25, 0.3) is 10.6 Å². The van der Waals surface area contributed by atoms with Gasteiger partial charge < -0.3 is 10.2 Å². The minimum absolute atomic E-state index is 0.0368. The normalized spacial score (nSPS) is 17.7. The number of thiophene rings is 1. The summed E-state index contributed by atoms with van der Waals surface area (Å²) in [5.41, 5.74) is 1.05. The van der Waals surface area contributed by atoms with Gasteiger partial charge in [0, 0.05) is 36.5 Å². The number of thiazole rings is 1.